The van der Waals surface area contributed by atoms with Gasteiger partial charge < -0.3 is 20.9 Å². The smallest absolute Gasteiger partial charge is 0.326 e. The zero-order chi connectivity index (χ0) is 14.7. The van der Waals surface area contributed by atoms with Gasteiger partial charge in [0.25, 0.3) is 5.91 Å². The summed E-state index contributed by atoms with van der Waals surface area (Å²) in [5, 5.41) is 11.2. The summed E-state index contributed by atoms with van der Waals surface area (Å²) in [6, 6.07) is 3.54. The number of nitrogens with two attached hydrogens (primary N) is 1. The van der Waals surface area contributed by atoms with Crippen LogP contribution in [0, 0.1) is 0 Å². The quantitative estimate of drug-likeness (QED) is 0.682. The van der Waals surface area contributed by atoms with E-state index in [0.717, 1.165) is 11.3 Å². The van der Waals surface area contributed by atoms with Crippen molar-refractivity contribution in [2.75, 3.05) is 6.61 Å². The molecule has 20 heavy (non-hydrogen) atoms. The van der Waals surface area contributed by atoms with Gasteiger partial charge in [0.1, 0.15) is 11.8 Å². The molecular formula is C13H14N2O5. The SMILES string of the molecule is NC(=O)C[C@H](NC(=O)c1ccc2c(c1)CCO2)C(=O)O. The fourth-order valence-corrected chi connectivity index (χ4v) is 1.97. The lowest BCUT2D eigenvalue weighted by Crippen LogP contribution is -2.43. The second-order valence-corrected chi connectivity index (χ2v) is 4.46. The Morgan fingerprint density at radius 3 is 2.80 bits per heavy atom. The number of amides is 2. The van der Waals surface area contributed by atoms with E-state index < -0.39 is 30.2 Å². The third kappa shape index (κ3) is 3.05. The maximum atomic E-state index is 12.0. The number of hydrogen-bond donors (Lipinski definition) is 3. The summed E-state index contributed by atoms with van der Waals surface area (Å²) in [5.41, 5.74) is 6.18. The van der Waals surface area contributed by atoms with E-state index in [4.69, 9.17) is 15.6 Å². The van der Waals surface area contributed by atoms with Gasteiger partial charge in [0.05, 0.1) is 13.0 Å². The van der Waals surface area contributed by atoms with Crippen LogP contribution >= 0.6 is 0 Å². The molecule has 0 aliphatic carbocycles. The first-order valence-corrected chi connectivity index (χ1v) is 6.05. The molecule has 2 amide bonds. The van der Waals surface area contributed by atoms with Crippen molar-refractivity contribution in [3.8, 4) is 5.75 Å². The van der Waals surface area contributed by atoms with Gasteiger partial charge in [0.2, 0.25) is 5.91 Å². The summed E-state index contributed by atoms with van der Waals surface area (Å²) < 4.78 is 5.32. The Morgan fingerprint density at radius 1 is 1.40 bits per heavy atom. The largest absolute Gasteiger partial charge is 0.493 e. The number of benzene rings is 1. The maximum absolute atomic E-state index is 12.0. The molecule has 0 radical (unpaired) electrons. The van der Waals surface area contributed by atoms with Crippen molar-refractivity contribution < 1.29 is 24.2 Å². The Hall–Kier alpha value is -2.57. The molecule has 7 nitrogen and oxygen atoms in total. The molecule has 1 aliphatic heterocycles. The minimum atomic E-state index is -1.33. The molecule has 0 bridgehead atoms. The van der Waals surface area contributed by atoms with E-state index >= 15 is 0 Å². The summed E-state index contributed by atoms with van der Waals surface area (Å²) in [5.74, 6) is -1.93. The molecule has 1 heterocycles. The summed E-state index contributed by atoms with van der Waals surface area (Å²) in [6.45, 7) is 0.569. The summed E-state index contributed by atoms with van der Waals surface area (Å²) in [7, 11) is 0. The van der Waals surface area contributed by atoms with Crippen molar-refractivity contribution in [1.29, 1.82) is 0 Å². The fourth-order valence-electron chi connectivity index (χ4n) is 1.97. The van der Waals surface area contributed by atoms with Gasteiger partial charge in [-0.15, -0.1) is 0 Å². The summed E-state index contributed by atoms with van der Waals surface area (Å²) in [4.78, 5) is 33.7. The van der Waals surface area contributed by atoms with Crippen LogP contribution in [0.5, 0.6) is 5.75 Å². The number of rotatable bonds is 5. The average molecular weight is 278 g/mol. The Labute approximate surface area is 114 Å². The van der Waals surface area contributed by atoms with E-state index in [-0.39, 0.29) is 0 Å². The van der Waals surface area contributed by atoms with E-state index in [9.17, 15) is 14.4 Å². The van der Waals surface area contributed by atoms with Gasteiger partial charge in [-0.3, -0.25) is 9.59 Å². The van der Waals surface area contributed by atoms with Gasteiger partial charge in [0.15, 0.2) is 0 Å². The van der Waals surface area contributed by atoms with Crippen LogP contribution in [0.15, 0.2) is 18.2 Å². The molecule has 0 aromatic heterocycles. The van der Waals surface area contributed by atoms with E-state index in [1.165, 1.54) is 0 Å². The normalized spacial score (nSPS) is 14.0. The molecule has 106 valence electrons. The number of ether oxygens (including phenoxy) is 1. The van der Waals surface area contributed by atoms with Crippen LogP contribution in [-0.4, -0.2) is 35.5 Å². The molecule has 0 spiro atoms. The highest BCUT2D eigenvalue weighted by molar-refractivity contribution is 5.97. The maximum Gasteiger partial charge on any atom is 0.326 e. The van der Waals surface area contributed by atoms with Crippen LogP contribution in [0.4, 0.5) is 0 Å². The number of carbonyl (C=O) groups is 3. The topological polar surface area (TPSA) is 119 Å². The number of aliphatic carboxylic acids is 1. The Kier molecular flexibility index (Phi) is 3.88. The van der Waals surface area contributed by atoms with E-state index in [0.29, 0.717) is 18.6 Å². The third-order valence-electron chi connectivity index (χ3n) is 2.96. The number of carbonyl (C=O) groups excluding carboxylic acids is 2. The molecule has 2 rings (SSSR count). The third-order valence-corrected chi connectivity index (χ3v) is 2.96. The molecule has 1 atom stereocenters. The second-order valence-electron chi connectivity index (χ2n) is 4.46. The molecule has 1 aromatic rings. The highest BCUT2D eigenvalue weighted by atomic mass is 16.5. The predicted octanol–water partition coefficient (Wildman–Crippen LogP) is -0.320. The zero-order valence-electron chi connectivity index (χ0n) is 10.6. The first kappa shape index (κ1) is 13.9. The molecule has 0 unspecified atom stereocenters. The van der Waals surface area contributed by atoms with Gasteiger partial charge >= 0.3 is 5.97 Å². The van der Waals surface area contributed by atoms with Crippen LogP contribution < -0.4 is 15.8 Å². The Balaban J connectivity index is 2.10. The number of primary amides is 1. The fraction of sp³-hybridized carbons (Fsp3) is 0.308. The van der Waals surface area contributed by atoms with Crippen LogP contribution in [-0.2, 0) is 16.0 Å². The molecule has 1 aliphatic rings. The molecule has 7 heteroatoms. The van der Waals surface area contributed by atoms with Gasteiger partial charge in [-0.1, -0.05) is 0 Å². The lowest BCUT2D eigenvalue weighted by molar-refractivity contribution is -0.140. The van der Waals surface area contributed by atoms with Crippen LogP contribution in [0.3, 0.4) is 0 Å². The van der Waals surface area contributed by atoms with Crippen LogP contribution in [0.1, 0.15) is 22.3 Å². The van der Waals surface area contributed by atoms with Crippen molar-refractivity contribution in [3.05, 3.63) is 29.3 Å². The molecular weight excluding hydrogens is 264 g/mol. The Bertz CT molecular complexity index is 570. The molecule has 0 saturated carbocycles. The highest BCUT2D eigenvalue weighted by Crippen LogP contribution is 2.25. The monoisotopic (exact) mass is 278 g/mol. The van der Waals surface area contributed by atoms with Crippen molar-refractivity contribution in [2.24, 2.45) is 5.73 Å². The first-order chi connectivity index (χ1) is 9.47. The van der Waals surface area contributed by atoms with Crippen molar-refractivity contribution in [1.82, 2.24) is 5.32 Å². The average Bonchev–Trinajstić information content (AvgIpc) is 2.84. The lowest BCUT2D eigenvalue weighted by atomic mass is 10.1. The number of fused-ring (bicyclic) bond motifs is 1. The van der Waals surface area contributed by atoms with Crippen molar-refractivity contribution >= 4 is 17.8 Å². The van der Waals surface area contributed by atoms with Crippen molar-refractivity contribution in [3.63, 3.8) is 0 Å². The zero-order valence-corrected chi connectivity index (χ0v) is 10.6. The summed E-state index contributed by atoms with van der Waals surface area (Å²) in [6.07, 6.45) is 0.259. The van der Waals surface area contributed by atoms with Crippen LogP contribution in [0.2, 0.25) is 0 Å². The molecule has 1 aromatic carbocycles. The highest BCUT2D eigenvalue weighted by Gasteiger charge is 2.23. The minimum absolute atomic E-state index is 0.324. The molecule has 0 fully saturated rings. The number of carboxylic acids is 1. The van der Waals surface area contributed by atoms with Gasteiger partial charge in [-0.25, -0.2) is 4.79 Å². The second kappa shape index (κ2) is 5.60. The number of nitrogens with one attached hydrogen (secondary N) is 1. The van der Waals surface area contributed by atoms with Crippen molar-refractivity contribution in [2.45, 2.75) is 18.9 Å². The van der Waals surface area contributed by atoms with Gasteiger partial charge in [-0.2, -0.15) is 0 Å². The number of hydrogen-bond acceptors (Lipinski definition) is 4. The summed E-state index contributed by atoms with van der Waals surface area (Å²) >= 11 is 0. The van der Waals surface area contributed by atoms with Gasteiger partial charge in [0, 0.05) is 12.0 Å². The number of carboxylic acid groups (broad SMARTS) is 1. The van der Waals surface area contributed by atoms with E-state index in [1.807, 2.05) is 0 Å². The lowest BCUT2D eigenvalue weighted by Gasteiger charge is -2.13. The predicted molar refractivity (Wildman–Crippen MR) is 68.3 cm³/mol. The molecule has 0 saturated heterocycles. The van der Waals surface area contributed by atoms with Gasteiger partial charge in [-0.05, 0) is 23.8 Å². The Morgan fingerprint density at radius 2 is 2.15 bits per heavy atom. The van der Waals surface area contributed by atoms with Crippen LogP contribution in [0.25, 0.3) is 0 Å². The minimum Gasteiger partial charge on any atom is -0.493 e. The van der Waals surface area contributed by atoms with E-state index in [2.05, 4.69) is 5.32 Å². The molecule has 4 N–H and O–H groups in total. The van der Waals surface area contributed by atoms with E-state index in [1.54, 1.807) is 18.2 Å². The first-order valence-electron chi connectivity index (χ1n) is 6.05. The standard InChI is InChI=1S/C13H14N2O5/c14-11(16)6-9(13(18)19)15-12(17)8-1-2-10-7(5-8)3-4-20-10/h1-2,5,9H,3-4,6H2,(H2,14,16)(H,15,17)(H,18,19)/t9-/m0/s1.